The van der Waals surface area contributed by atoms with Gasteiger partial charge in [-0.25, -0.2) is 0 Å². The molecular formula is C15H18. The van der Waals surface area contributed by atoms with Crippen LogP contribution in [0.5, 0.6) is 0 Å². The molecule has 0 rings (SSSR count). The lowest BCUT2D eigenvalue weighted by atomic mass is 10.0. The molecule has 0 aliphatic rings. The molecule has 0 aromatic rings. The van der Waals surface area contributed by atoms with Crippen molar-refractivity contribution in [3.8, 4) is 35.5 Å². The van der Waals surface area contributed by atoms with Crippen LogP contribution >= 0.6 is 0 Å². The maximum Gasteiger partial charge on any atom is -0.000709 e. The van der Waals surface area contributed by atoms with E-state index in [-0.39, 0.29) is 0 Å². The van der Waals surface area contributed by atoms with Crippen LogP contribution in [0.2, 0.25) is 0 Å². The molecule has 0 heterocycles. The summed E-state index contributed by atoms with van der Waals surface area (Å²) in [7, 11) is 0. The Balaban J connectivity index is 3.70. The summed E-state index contributed by atoms with van der Waals surface area (Å²) >= 11 is 0. The van der Waals surface area contributed by atoms with Crippen molar-refractivity contribution < 1.29 is 0 Å². The Morgan fingerprint density at radius 1 is 1.13 bits per heavy atom. The van der Waals surface area contributed by atoms with Gasteiger partial charge in [0.05, 0.1) is 0 Å². The maximum atomic E-state index is 2.86. The Morgan fingerprint density at radius 2 is 1.87 bits per heavy atom. The predicted molar refractivity (Wildman–Crippen MR) is 66.8 cm³/mol. The van der Waals surface area contributed by atoms with Gasteiger partial charge in [0.25, 0.3) is 0 Å². The predicted octanol–water partition coefficient (Wildman–Crippen LogP) is 3.40. The molecule has 0 bridgehead atoms. The molecular weight excluding hydrogens is 180 g/mol. The Kier molecular flexibility index (Phi) is 9.39. The second kappa shape index (κ2) is 10.5. The van der Waals surface area contributed by atoms with Crippen molar-refractivity contribution in [2.75, 3.05) is 0 Å². The Hall–Kier alpha value is -1.58. The summed E-state index contributed by atoms with van der Waals surface area (Å²) in [6.45, 7) is 6.25. The van der Waals surface area contributed by atoms with Gasteiger partial charge in [0.2, 0.25) is 0 Å². The van der Waals surface area contributed by atoms with Crippen LogP contribution in [0.1, 0.15) is 40.0 Å². The minimum Gasteiger partial charge on any atom is -0.0925 e. The van der Waals surface area contributed by atoms with E-state index in [4.69, 9.17) is 0 Å². The van der Waals surface area contributed by atoms with Gasteiger partial charge in [-0.15, -0.1) is 0 Å². The third-order valence-electron chi connectivity index (χ3n) is 2.11. The normalized spacial score (nSPS) is 10.3. The van der Waals surface area contributed by atoms with Gasteiger partial charge in [0, 0.05) is 0 Å². The van der Waals surface area contributed by atoms with Crippen LogP contribution in [-0.2, 0) is 0 Å². The molecule has 1 atom stereocenters. The number of rotatable bonds is 4. The van der Waals surface area contributed by atoms with Crippen molar-refractivity contribution in [2.45, 2.75) is 40.0 Å². The van der Waals surface area contributed by atoms with E-state index < -0.39 is 0 Å². The first-order chi connectivity index (χ1) is 7.31. The highest BCUT2D eigenvalue weighted by Gasteiger charge is 1.94. The van der Waals surface area contributed by atoms with Crippen molar-refractivity contribution in [3.63, 3.8) is 0 Å². The van der Waals surface area contributed by atoms with E-state index in [0.29, 0.717) is 0 Å². The molecule has 0 aromatic carbocycles. The van der Waals surface area contributed by atoms with Crippen LogP contribution < -0.4 is 0 Å². The molecule has 0 fully saturated rings. The highest BCUT2D eigenvalue weighted by molar-refractivity contribution is 5.37. The average Bonchev–Trinajstić information content (AvgIpc) is 2.26. The first-order valence-electron chi connectivity index (χ1n) is 5.38. The molecule has 0 aliphatic heterocycles. The summed E-state index contributed by atoms with van der Waals surface area (Å²) in [6.07, 6.45) is 7.57. The smallest absolute Gasteiger partial charge is 0.000709 e. The van der Waals surface area contributed by atoms with Gasteiger partial charge >= 0.3 is 0 Å². The zero-order valence-electron chi connectivity index (χ0n) is 9.85. The van der Waals surface area contributed by atoms with Crippen LogP contribution in [0, 0.1) is 41.4 Å². The second-order valence-electron chi connectivity index (χ2n) is 3.39. The fraction of sp³-hybridized carbons (Fsp3) is 0.467. The summed E-state index contributed by atoms with van der Waals surface area (Å²) in [5.74, 6) is 17.0. The molecule has 0 radical (unpaired) electrons. The summed E-state index contributed by atoms with van der Waals surface area (Å²) in [5.41, 5.74) is 0. The van der Waals surface area contributed by atoms with E-state index in [1.807, 2.05) is 6.08 Å². The quantitative estimate of drug-likeness (QED) is 0.607. The van der Waals surface area contributed by atoms with Crippen molar-refractivity contribution in [1.29, 1.82) is 0 Å². The lowest BCUT2D eigenvalue weighted by Gasteiger charge is -2.03. The van der Waals surface area contributed by atoms with Gasteiger partial charge in [0.1, 0.15) is 0 Å². The Morgan fingerprint density at radius 3 is 2.53 bits per heavy atom. The minimum atomic E-state index is 0.808. The zero-order chi connectivity index (χ0) is 11.4. The van der Waals surface area contributed by atoms with Crippen molar-refractivity contribution in [2.24, 2.45) is 5.92 Å². The van der Waals surface area contributed by atoms with E-state index in [1.54, 1.807) is 6.92 Å². The molecule has 0 saturated carbocycles. The summed E-state index contributed by atoms with van der Waals surface area (Å²) in [6, 6.07) is 0. The van der Waals surface area contributed by atoms with Crippen molar-refractivity contribution in [3.05, 3.63) is 12.2 Å². The van der Waals surface area contributed by atoms with Gasteiger partial charge in [-0.1, -0.05) is 38.2 Å². The molecule has 0 saturated heterocycles. The molecule has 0 amide bonds. The molecule has 78 valence electrons. The standard InChI is InChI=1S/C15H18/c1-4-6-7-8-9-10-11-12-13-14-15(3)5-2/h11-12,15H,5,13-14H2,1-3H3/b12-11+. The average molecular weight is 198 g/mol. The molecule has 0 aromatic heterocycles. The van der Waals surface area contributed by atoms with Gasteiger partial charge < -0.3 is 0 Å². The second-order valence-corrected chi connectivity index (χ2v) is 3.39. The van der Waals surface area contributed by atoms with Gasteiger partial charge in [-0.3, -0.25) is 0 Å². The third-order valence-corrected chi connectivity index (χ3v) is 2.11. The molecule has 1 unspecified atom stereocenters. The van der Waals surface area contributed by atoms with Gasteiger partial charge in [-0.2, -0.15) is 0 Å². The van der Waals surface area contributed by atoms with E-state index in [2.05, 4.69) is 55.4 Å². The van der Waals surface area contributed by atoms with Crippen molar-refractivity contribution >= 4 is 0 Å². The van der Waals surface area contributed by atoms with Crippen LogP contribution in [0.4, 0.5) is 0 Å². The maximum absolute atomic E-state index is 2.86. The molecule has 0 heteroatoms. The largest absolute Gasteiger partial charge is 0.0925 e. The number of hydrogen-bond acceptors (Lipinski definition) is 0. The van der Waals surface area contributed by atoms with Crippen molar-refractivity contribution in [1.82, 2.24) is 0 Å². The highest BCUT2D eigenvalue weighted by Crippen LogP contribution is 2.08. The topological polar surface area (TPSA) is 0 Å². The Bertz CT molecular complexity index is 352. The van der Waals surface area contributed by atoms with Gasteiger partial charge in [0.15, 0.2) is 0 Å². The van der Waals surface area contributed by atoms with Crippen LogP contribution in [-0.4, -0.2) is 0 Å². The molecule has 0 aliphatic carbocycles. The SMILES string of the molecule is CC#CC#CC#C/C=C/CCC(C)CC. The van der Waals surface area contributed by atoms with Crippen LogP contribution in [0.15, 0.2) is 12.2 Å². The lowest BCUT2D eigenvalue weighted by molar-refractivity contribution is 0.522. The van der Waals surface area contributed by atoms with E-state index in [1.165, 1.54) is 12.8 Å². The van der Waals surface area contributed by atoms with E-state index in [9.17, 15) is 0 Å². The monoisotopic (exact) mass is 198 g/mol. The van der Waals surface area contributed by atoms with Crippen LogP contribution in [0.25, 0.3) is 0 Å². The first-order valence-corrected chi connectivity index (χ1v) is 5.38. The Labute approximate surface area is 94.2 Å². The fourth-order valence-electron chi connectivity index (χ4n) is 0.930. The molecule has 0 nitrogen and oxygen atoms in total. The minimum absolute atomic E-state index is 0.808. The van der Waals surface area contributed by atoms with Crippen LogP contribution in [0.3, 0.4) is 0 Å². The number of allylic oxidation sites excluding steroid dienone is 2. The van der Waals surface area contributed by atoms with E-state index in [0.717, 1.165) is 12.3 Å². The highest BCUT2D eigenvalue weighted by atomic mass is 14.0. The first kappa shape index (κ1) is 13.4. The lowest BCUT2D eigenvalue weighted by Crippen LogP contribution is -1.89. The molecule has 0 N–H and O–H groups in total. The molecule has 0 spiro atoms. The summed E-state index contributed by atoms with van der Waals surface area (Å²) in [4.78, 5) is 0. The number of hydrogen-bond donors (Lipinski definition) is 0. The van der Waals surface area contributed by atoms with E-state index >= 15 is 0 Å². The fourth-order valence-corrected chi connectivity index (χ4v) is 0.930. The van der Waals surface area contributed by atoms with Gasteiger partial charge in [-0.05, 0) is 55.4 Å². The molecule has 15 heavy (non-hydrogen) atoms. The summed E-state index contributed by atoms with van der Waals surface area (Å²) < 4.78 is 0. The zero-order valence-corrected chi connectivity index (χ0v) is 9.85. The third kappa shape index (κ3) is 10.3. The summed E-state index contributed by atoms with van der Waals surface area (Å²) in [5, 5.41) is 0.